The number of hydrogen-bond donors (Lipinski definition) is 2. The summed E-state index contributed by atoms with van der Waals surface area (Å²) in [5.74, 6) is -0.442. The number of likely N-dealkylation sites (N-methyl/N-ethyl adjacent to an activating group) is 1. The number of ether oxygens (including phenoxy) is 2. The highest BCUT2D eigenvalue weighted by Crippen LogP contribution is 2.30. The molecule has 3 aromatic carbocycles. The molecule has 0 aromatic heterocycles. The van der Waals surface area contributed by atoms with Crippen molar-refractivity contribution in [3.63, 3.8) is 0 Å². The molecule has 11 heteroatoms. The van der Waals surface area contributed by atoms with Crippen LogP contribution in [0.4, 0.5) is 18.9 Å². The lowest BCUT2D eigenvalue weighted by molar-refractivity contribution is -0.137. The fourth-order valence-electron chi connectivity index (χ4n) is 5.74. The van der Waals surface area contributed by atoms with Gasteiger partial charge in [-0.05, 0) is 88.2 Å². The fraction of sp³-hybridized carbons (Fsp3) is 0.459. The molecule has 3 aromatic rings. The number of hydrogen-bond acceptors (Lipinski definition) is 6. The Bertz CT molecular complexity index is 1490. The number of aliphatic hydroxyl groups excluding tert-OH is 1. The van der Waals surface area contributed by atoms with Gasteiger partial charge in [0.1, 0.15) is 5.75 Å². The zero-order valence-electron chi connectivity index (χ0n) is 28.0. The second-order valence-corrected chi connectivity index (χ2v) is 12.7. The van der Waals surface area contributed by atoms with E-state index in [1.807, 2.05) is 31.9 Å². The Balaban J connectivity index is 1.58. The van der Waals surface area contributed by atoms with Crippen molar-refractivity contribution in [2.45, 2.75) is 71.0 Å². The summed E-state index contributed by atoms with van der Waals surface area (Å²) in [5.41, 5.74) is 1.24. The molecule has 0 spiro atoms. The van der Waals surface area contributed by atoms with Gasteiger partial charge in [0, 0.05) is 43.4 Å². The molecule has 0 bridgehead atoms. The van der Waals surface area contributed by atoms with E-state index in [0.29, 0.717) is 36.7 Å². The van der Waals surface area contributed by atoms with Crippen LogP contribution in [0.25, 0.3) is 0 Å². The average molecular weight is 670 g/mol. The number of fused-ring (bicyclic) bond motifs is 1. The fourth-order valence-corrected chi connectivity index (χ4v) is 5.74. The predicted molar refractivity (Wildman–Crippen MR) is 179 cm³/mol. The van der Waals surface area contributed by atoms with Gasteiger partial charge in [0.2, 0.25) is 0 Å². The van der Waals surface area contributed by atoms with Gasteiger partial charge in [0.05, 0.1) is 36.0 Å². The van der Waals surface area contributed by atoms with Crippen molar-refractivity contribution in [3.8, 4) is 5.75 Å². The van der Waals surface area contributed by atoms with Crippen LogP contribution in [0, 0.1) is 5.92 Å². The van der Waals surface area contributed by atoms with Crippen molar-refractivity contribution in [2.75, 3.05) is 38.7 Å². The Kier molecular flexibility index (Phi) is 13.0. The van der Waals surface area contributed by atoms with Gasteiger partial charge in [-0.2, -0.15) is 13.2 Å². The van der Waals surface area contributed by atoms with Crippen LogP contribution in [0.2, 0.25) is 0 Å². The molecular weight excluding hydrogens is 623 g/mol. The zero-order chi connectivity index (χ0) is 34.8. The summed E-state index contributed by atoms with van der Waals surface area (Å²) in [6.07, 6.45) is -2.53. The number of alkyl halides is 3. The number of nitrogens with zero attached hydrogens (tertiary/aromatic N) is 2. The summed E-state index contributed by atoms with van der Waals surface area (Å²) in [4.78, 5) is 30.9. The molecule has 0 fully saturated rings. The Labute approximate surface area is 280 Å². The van der Waals surface area contributed by atoms with Gasteiger partial charge in [-0.1, -0.05) is 37.3 Å². The first-order chi connectivity index (χ1) is 22.8. The van der Waals surface area contributed by atoms with Gasteiger partial charge in [-0.3, -0.25) is 14.5 Å². The van der Waals surface area contributed by atoms with Crippen LogP contribution in [0.5, 0.6) is 5.75 Å². The average Bonchev–Trinajstić information content (AvgIpc) is 3.06. The van der Waals surface area contributed by atoms with E-state index in [-0.39, 0.29) is 48.7 Å². The first-order valence-electron chi connectivity index (χ1n) is 16.4. The van der Waals surface area contributed by atoms with E-state index in [1.54, 1.807) is 54.3 Å². The van der Waals surface area contributed by atoms with Crippen molar-refractivity contribution in [2.24, 2.45) is 5.92 Å². The highest BCUT2D eigenvalue weighted by atomic mass is 19.4. The molecule has 0 saturated heterocycles. The molecule has 8 nitrogen and oxygen atoms in total. The maximum atomic E-state index is 14.3. The number of benzene rings is 3. The summed E-state index contributed by atoms with van der Waals surface area (Å²) in [6, 6.07) is 18.4. The number of halogens is 3. The monoisotopic (exact) mass is 669 g/mol. The Hall–Kier alpha value is -3.93. The molecule has 2 N–H and O–H groups in total. The molecule has 48 heavy (non-hydrogen) atoms. The van der Waals surface area contributed by atoms with E-state index < -0.39 is 17.8 Å². The third-order valence-corrected chi connectivity index (χ3v) is 8.57. The van der Waals surface area contributed by atoms with Gasteiger partial charge < -0.3 is 24.8 Å². The molecule has 0 unspecified atom stereocenters. The number of carbonyl (C=O) groups is 2. The summed E-state index contributed by atoms with van der Waals surface area (Å²) in [6.45, 7) is 7.09. The SMILES string of the molecule is C[C@@H]1CCCCO[C@H](CN(C)Cc2ccc(C(F)(F)F)cc2)[C@H](C)CN([C@H](C)CO)C(=O)c2cc(NC(=O)c3ccccc3)ccc2O1. The zero-order valence-corrected chi connectivity index (χ0v) is 28.0. The van der Waals surface area contributed by atoms with Crippen LogP contribution in [0.1, 0.15) is 71.9 Å². The van der Waals surface area contributed by atoms with Crippen LogP contribution in [0.3, 0.4) is 0 Å². The van der Waals surface area contributed by atoms with Crippen molar-refractivity contribution in [1.82, 2.24) is 9.80 Å². The quantitative estimate of drug-likeness (QED) is 0.272. The predicted octanol–water partition coefficient (Wildman–Crippen LogP) is 6.89. The number of nitrogens with one attached hydrogen (secondary N) is 1. The molecule has 1 aliphatic rings. The van der Waals surface area contributed by atoms with Gasteiger partial charge in [0.15, 0.2) is 0 Å². The van der Waals surface area contributed by atoms with E-state index in [0.717, 1.165) is 37.0 Å². The van der Waals surface area contributed by atoms with Crippen molar-refractivity contribution < 1.29 is 37.3 Å². The van der Waals surface area contributed by atoms with Crippen molar-refractivity contribution in [1.29, 1.82) is 0 Å². The third kappa shape index (κ3) is 10.3. The van der Waals surface area contributed by atoms with Crippen LogP contribution in [-0.2, 0) is 17.5 Å². The van der Waals surface area contributed by atoms with Gasteiger partial charge in [-0.25, -0.2) is 0 Å². The molecule has 1 heterocycles. The Morgan fingerprint density at radius 1 is 1.06 bits per heavy atom. The van der Waals surface area contributed by atoms with Crippen LogP contribution in [-0.4, -0.2) is 78.3 Å². The molecule has 4 atom stereocenters. The summed E-state index contributed by atoms with van der Waals surface area (Å²) >= 11 is 0. The lowest BCUT2D eigenvalue weighted by Gasteiger charge is -2.36. The minimum Gasteiger partial charge on any atom is -0.490 e. The van der Waals surface area contributed by atoms with Crippen LogP contribution in [0.15, 0.2) is 72.8 Å². The second kappa shape index (κ2) is 16.9. The maximum absolute atomic E-state index is 14.3. The first kappa shape index (κ1) is 36.9. The topological polar surface area (TPSA) is 91.3 Å². The lowest BCUT2D eigenvalue weighted by Crippen LogP contribution is -2.47. The highest BCUT2D eigenvalue weighted by molar-refractivity contribution is 6.05. The van der Waals surface area contributed by atoms with Crippen LogP contribution >= 0.6 is 0 Å². The van der Waals surface area contributed by atoms with Gasteiger partial charge in [0.25, 0.3) is 11.8 Å². The van der Waals surface area contributed by atoms with E-state index >= 15 is 0 Å². The minimum atomic E-state index is -4.39. The molecule has 0 radical (unpaired) electrons. The van der Waals surface area contributed by atoms with E-state index in [1.165, 1.54) is 12.1 Å². The van der Waals surface area contributed by atoms with E-state index in [4.69, 9.17) is 9.47 Å². The smallest absolute Gasteiger partial charge is 0.416 e. The van der Waals surface area contributed by atoms with Gasteiger partial charge in [-0.15, -0.1) is 0 Å². The Morgan fingerprint density at radius 3 is 2.44 bits per heavy atom. The van der Waals surface area contributed by atoms with Gasteiger partial charge >= 0.3 is 6.18 Å². The number of anilines is 1. The maximum Gasteiger partial charge on any atom is 0.416 e. The number of aliphatic hydroxyl groups is 1. The summed E-state index contributed by atoms with van der Waals surface area (Å²) in [7, 11) is 1.89. The highest BCUT2D eigenvalue weighted by Gasteiger charge is 2.32. The lowest BCUT2D eigenvalue weighted by atomic mass is 10.0. The molecule has 260 valence electrons. The minimum absolute atomic E-state index is 0.176. The number of amides is 2. The van der Waals surface area contributed by atoms with E-state index in [2.05, 4.69) is 5.32 Å². The number of carbonyl (C=O) groups excluding carboxylic acids is 2. The molecule has 0 aliphatic carbocycles. The molecule has 1 aliphatic heterocycles. The second-order valence-electron chi connectivity index (χ2n) is 12.7. The van der Waals surface area contributed by atoms with Crippen molar-refractivity contribution >= 4 is 17.5 Å². The third-order valence-electron chi connectivity index (χ3n) is 8.57. The normalized spacial score (nSPS) is 20.4. The molecule has 4 rings (SSSR count). The summed E-state index contributed by atoms with van der Waals surface area (Å²) in [5, 5.41) is 13.1. The molecular formula is C37H46F3N3O5. The first-order valence-corrected chi connectivity index (χ1v) is 16.4. The molecule has 0 saturated carbocycles. The van der Waals surface area contributed by atoms with Crippen molar-refractivity contribution in [3.05, 3.63) is 95.1 Å². The van der Waals surface area contributed by atoms with Crippen LogP contribution < -0.4 is 10.1 Å². The number of rotatable bonds is 8. The van der Waals surface area contributed by atoms with E-state index in [9.17, 15) is 27.9 Å². The summed E-state index contributed by atoms with van der Waals surface area (Å²) < 4.78 is 51.8. The molecule has 2 amide bonds. The standard InChI is InChI=1S/C37H46F3N3O5/c1-25-21-43(26(2)24-44)36(46)32-20-31(41-35(45)29-11-6-5-7-12-29)17-18-33(32)48-27(3)10-8-9-19-47-34(25)23-42(4)22-28-13-15-30(16-14-28)37(38,39)40/h5-7,11-18,20,25-27,34,44H,8-10,19,21-24H2,1-4H3,(H,41,45)/t25-,26-,27-,34-/m1/s1. The Morgan fingerprint density at radius 2 is 1.77 bits per heavy atom. The largest absolute Gasteiger partial charge is 0.490 e.